The lowest BCUT2D eigenvalue weighted by molar-refractivity contribution is 0.206. The van der Waals surface area contributed by atoms with E-state index in [1.165, 1.54) is 10.8 Å². The summed E-state index contributed by atoms with van der Waals surface area (Å²) < 4.78 is 0. The van der Waals surface area contributed by atoms with Crippen LogP contribution in [0.15, 0.2) is 11.6 Å². The number of nitrogens with zero attached hydrogens (tertiary/aromatic N) is 4. The van der Waals surface area contributed by atoms with Crippen LogP contribution in [0.5, 0.6) is 0 Å². The summed E-state index contributed by atoms with van der Waals surface area (Å²) in [6.07, 6.45) is 2.77. The molecule has 1 aliphatic heterocycles. The van der Waals surface area contributed by atoms with Gasteiger partial charge in [-0.05, 0) is 0 Å². The SMILES string of the molecule is CCc1n[nH]c(CN2CCSC[C@@H]2c2nccs2)n1. The van der Waals surface area contributed by atoms with Crippen LogP contribution in [0.25, 0.3) is 0 Å². The van der Waals surface area contributed by atoms with Crippen LogP contribution in [0.1, 0.15) is 29.6 Å². The highest BCUT2D eigenvalue weighted by Crippen LogP contribution is 2.31. The van der Waals surface area contributed by atoms with Gasteiger partial charge in [0.1, 0.15) is 16.7 Å². The summed E-state index contributed by atoms with van der Waals surface area (Å²) in [4.78, 5) is 11.4. The van der Waals surface area contributed by atoms with E-state index in [-0.39, 0.29) is 0 Å². The molecule has 0 amide bonds. The molecule has 1 aliphatic rings. The minimum absolute atomic E-state index is 0.411. The molecule has 1 fully saturated rings. The van der Waals surface area contributed by atoms with E-state index in [0.29, 0.717) is 6.04 Å². The van der Waals surface area contributed by atoms with E-state index >= 15 is 0 Å². The van der Waals surface area contributed by atoms with E-state index in [9.17, 15) is 0 Å². The average Bonchev–Trinajstić information content (AvgIpc) is 3.10. The summed E-state index contributed by atoms with van der Waals surface area (Å²) in [7, 11) is 0. The van der Waals surface area contributed by atoms with Crippen LogP contribution in [0, 0.1) is 0 Å². The normalized spacial score (nSPS) is 20.8. The molecule has 1 saturated heterocycles. The first-order valence-corrected chi connectivity index (χ1v) is 8.51. The third kappa shape index (κ3) is 2.98. The van der Waals surface area contributed by atoms with Crippen molar-refractivity contribution < 1.29 is 0 Å². The second kappa shape index (κ2) is 6.02. The van der Waals surface area contributed by atoms with Gasteiger partial charge in [-0.1, -0.05) is 6.92 Å². The highest BCUT2D eigenvalue weighted by Gasteiger charge is 2.26. The van der Waals surface area contributed by atoms with Gasteiger partial charge in [0.2, 0.25) is 0 Å². The van der Waals surface area contributed by atoms with Crippen LogP contribution in [-0.2, 0) is 13.0 Å². The summed E-state index contributed by atoms with van der Waals surface area (Å²) >= 11 is 3.75. The number of aromatic amines is 1. The standard InChI is InChI=1S/C12H17N5S2/c1-2-10-14-11(16-15-10)7-17-4-6-18-8-9(17)12-13-3-5-19-12/h3,5,9H,2,4,6-8H2,1H3,(H,14,15,16)/t9-/m1/s1. The Labute approximate surface area is 120 Å². The Kier molecular flexibility index (Phi) is 4.15. The molecule has 1 atom stereocenters. The summed E-state index contributed by atoms with van der Waals surface area (Å²) in [5.74, 6) is 4.15. The maximum atomic E-state index is 4.51. The van der Waals surface area contributed by atoms with Crippen molar-refractivity contribution in [3.63, 3.8) is 0 Å². The summed E-state index contributed by atoms with van der Waals surface area (Å²) in [5, 5.41) is 10.5. The fourth-order valence-corrected chi connectivity index (χ4v) is 4.21. The Balaban J connectivity index is 1.73. The van der Waals surface area contributed by atoms with E-state index in [1.807, 2.05) is 18.0 Å². The van der Waals surface area contributed by atoms with Gasteiger partial charge in [0.25, 0.3) is 0 Å². The highest BCUT2D eigenvalue weighted by molar-refractivity contribution is 7.99. The fourth-order valence-electron chi connectivity index (χ4n) is 2.21. The molecule has 0 bridgehead atoms. The van der Waals surface area contributed by atoms with Crippen LogP contribution in [0.4, 0.5) is 0 Å². The van der Waals surface area contributed by atoms with Crippen LogP contribution >= 0.6 is 23.1 Å². The van der Waals surface area contributed by atoms with E-state index in [2.05, 4.69) is 37.4 Å². The Bertz CT molecular complexity index is 510. The predicted octanol–water partition coefficient (Wildman–Crippen LogP) is 2.11. The summed E-state index contributed by atoms with van der Waals surface area (Å²) in [6, 6.07) is 0.411. The Morgan fingerprint density at radius 2 is 2.47 bits per heavy atom. The van der Waals surface area contributed by atoms with Crippen molar-refractivity contribution in [2.24, 2.45) is 0 Å². The molecule has 2 aromatic heterocycles. The van der Waals surface area contributed by atoms with Gasteiger partial charge in [-0.25, -0.2) is 9.97 Å². The van der Waals surface area contributed by atoms with Crippen molar-refractivity contribution in [1.29, 1.82) is 0 Å². The van der Waals surface area contributed by atoms with Crippen molar-refractivity contribution >= 4 is 23.1 Å². The maximum absolute atomic E-state index is 4.51. The van der Waals surface area contributed by atoms with Crippen molar-refractivity contribution in [3.05, 3.63) is 28.2 Å². The van der Waals surface area contributed by atoms with Gasteiger partial charge in [0.05, 0.1) is 12.6 Å². The zero-order valence-corrected chi connectivity index (χ0v) is 12.5. The zero-order valence-electron chi connectivity index (χ0n) is 10.9. The molecule has 0 aromatic carbocycles. The van der Waals surface area contributed by atoms with Gasteiger partial charge in [-0.3, -0.25) is 10.00 Å². The average molecular weight is 295 g/mol. The smallest absolute Gasteiger partial charge is 0.150 e. The van der Waals surface area contributed by atoms with Crippen molar-refractivity contribution in [2.75, 3.05) is 18.1 Å². The number of hydrogen-bond acceptors (Lipinski definition) is 6. The number of rotatable bonds is 4. The molecule has 0 unspecified atom stereocenters. The predicted molar refractivity (Wildman–Crippen MR) is 78.4 cm³/mol. The lowest BCUT2D eigenvalue weighted by atomic mass is 10.2. The molecule has 0 spiro atoms. The molecule has 0 saturated carbocycles. The van der Waals surface area contributed by atoms with Crippen molar-refractivity contribution in [3.8, 4) is 0 Å². The minimum Gasteiger partial charge on any atom is -0.285 e. The summed E-state index contributed by atoms with van der Waals surface area (Å²) in [6.45, 7) is 3.98. The number of thiazole rings is 1. The number of aryl methyl sites for hydroxylation is 1. The topological polar surface area (TPSA) is 57.7 Å². The molecular formula is C12H17N5S2. The van der Waals surface area contributed by atoms with Crippen LogP contribution in [0.3, 0.4) is 0 Å². The van der Waals surface area contributed by atoms with Gasteiger partial charge in [-0.15, -0.1) is 11.3 Å². The van der Waals surface area contributed by atoms with Gasteiger partial charge < -0.3 is 0 Å². The second-order valence-corrected chi connectivity index (χ2v) is 6.56. The molecule has 0 aliphatic carbocycles. The van der Waals surface area contributed by atoms with Gasteiger partial charge in [0, 0.05) is 36.0 Å². The first-order valence-electron chi connectivity index (χ1n) is 6.48. The monoisotopic (exact) mass is 295 g/mol. The molecule has 3 heterocycles. The van der Waals surface area contributed by atoms with Crippen LogP contribution < -0.4 is 0 Å². The number of nitrogens with one attached hydrogen (secondary N) is 1. The fraction of sp³-hybridized carbons (Fsp3) is 0.583. The molecule has 1 N–H and O–H groups in total. The lowest BCUT2D eigenvalue weighted by Gasteiger charge is -2.33. The van der Waals surface area contributed by atoms with E-state index < -0.39 is 0 Å². The third-order valence-corrected chi connectivity index (χ3v) is 5.12. The van der Waals surface area contributed by atoms with E-state index in [0.717, 1.165) is 36.9 Å². The molecule has 0 radical (unpaired) electrons. The van der Waals surface area contributed by atoms with Crippen LogP contribution in [0.2, 0.25) is 0 Å². The number of hydrogen-bond donors (Lipinski definition) is 1. The first-order chi connectivity index (χ1) is 9.36. The molecule has 19 heavy (non-hydrogen) atoms. The Morgan fingerprint density at radius 1 is 1.53 bits per heavy atom. The zero-order chi connectivity index (χ0) is 13.1. The Morgan fingerprint density at radius 3 is 3.21 bits per heavy atom. The van der Waals surface area contributed by atoms with E-state index in [1.54, 1.807) is 11.3 Å². The lowest BCUT2D eigenvalue weighted by Crippen LogP contribution is -2.35. The number of H-pyrrole nitrogens is 1. The molecule has 2 aromatic rings. The van der Waals surface area contributed by atoms with Crippen LogP contribution in [-0.4, -0.2) is 43.1 Å². The van der Waals surface area contributed by atoms with Crippen molar-refractivity contribution in [2.45, 2.75) is 25.9 Å². The highest BCUT2D eigenvalue weighted by atomic mass is 32.2. The number of aromatic nitrogens is 4. The van der Waals surface area contributed by atoms with Gasteiger partial charge >= 0.3 is 0 Å². The quantitative estimate of drug-likeness (QED) is 0.936. The second-order valence-electron chi connectivity index (χ2n) is 4.48. The van der Waals surface area contributed by atoms with Crippen molar-refractivity contribution in [1.82, 2.24) is 25.1 Å². The molecule has 7 heteroatoms. The van der Waals surface area contributed by atoms with Gasteiger partial charge in [0.15, 0.2) is 0 Å². The first kappa shape index (κ1) is 13.1. The minimum atomic E-state index is 0.411. The third-order valence-electron chi connectivity index (χ3n) is 3.22. The Hall–Kier alpha value is -0.920. The molecule has 102 valence electrons. The number of thioether (sulfide) groups is 1. The largest absolute Gasteiger partial charge is 0.285 e. The maximum Gasteiger partial charge on any atom is 0.150 e. The van der Waals surface area contributed by atoms with Gasteiger partial charge in [-0.2, -0.15) is 16.9 Å². The molecule has 3 rings (SSSR count). The molecule has 5 nitrogen and oxygen atoms in total. The van der Waals surface area contributed by atoms with E-state index in [4.69, 9.17) is 0 Å². The molecular weight excluding hydrogens is 278 g/mol. The summed E-state index contributed by atoms with van der Waals surface area (Å²) in [5.41, 5.74) is 0.